The molecule has 0 N–H and O–H groups in total. The van der Waals surface area contributed by atoms with Gasteiger partial charge in [-0.25, -0.2) is 0 Å². The van der Waals surface area contributed by atoms with Gasteiger partial charge in [0.25, 0.3) is 0 Å². The van der Waals surface area contributed by atoms with Gasteiger partial charge in [0.05, 0.1) is 0 Å². The van der Waals surface area contributed by atoms with E-state index in [1.165, 1.54) is 10.9 Å². The molecule has 0 bridgehead atoms. The van der Waals surface area contributed by atoms with Gasteiger partial charge in [0.2, 0.25) is 0 Å². The summed E-state index contributed by atoms with van der Waals surface area (Å²) in [4.78, 5) is 0. The van der Waals surface area contributed by atoms with Gasteiger partial charge in [-0.15, -0.1) is 0 Å². The van der Waals surface area contributed by atoms with Gasteiger partial charge >= 0.3 is 90.7 Å². The summed E-state index contributed by atoms with van der Waals surface area (Å²) in [6.45, 7) is 0. The van der Waals surface area contributed by atoms with E-state index in [4.69, 9.17) is 0 Å². The monoisotopic (exact) mass is 334 g/mol. The van der Waals surface area contributed by atoms with Crippen LogP contribution in [-0.2, 0) is 10.9 Å². The minimum absolute atomic E-state index is 0. The van der Waals surface area contributed by atoms with Crippen molar-refractivity contribution in [3.63, 3.8) is 0 Å². The van der Waals surface area contributed by atoms with Gasteiger partial charge < -0.3 is 17.0 Å². The molecular formula is Br3KNi. The number of halogens is 3. The van der Waals surface area contributed by atoms with Crippen molar-refractivity contribution in [2.75, 3.05) is 0 Å². The zero-order valence-corrected chi connectivity index (χ0v) is 11.3. The van der Waals surface area contributed by atoms with Gasteiger partial charge in [0, 0.05) is 0 Å². The fourth-order valence-electron chi connectivity index (χ4n) is 0. The van der Waals surface area contributed by atoms with Gasteiger partial charge in [0.1, 0.15) is 0 Å². The largest absolute Gasteiger partial charge is 1.00 e. The Kier molecular flexibility index (Phi) is 49.5. The molecule has 0 rings (SSSR count). The van der Waals surface area contributed by atoms with Crippen molar-refractivity contribution in [1.82, 2.24) is 0 Å². The fourth-order valence-corrected chi connectivity index (χ4v) is 0. The molecule has 0 aromatic rings. The molecule has 5 heavy (non-hydrogen) atoms. The Bertz CT molecular complexity index is 6.85. The zero-order chi connectivity index (χ0) is 2.71. The van der Waals surface area contributed by atoms with Crippen LogP contribution in [0.1, 0.15) is 0 Å². The zero-order valence-electron chi connectivity index (χ0n) is 2.45. The summed E-state index contributed by atoms with van der Waals surface area (Å²) in [6.07, 6.45) is 0. The van der Waals surface area contributed by atoms with Crippen LogP contribution in [0, 0.1) is 0 Å². The molecule has 0 aliphatic heterocycles. The Hall–Kier alpha value is 3.57. The van der Waals surface area contributed by atoms with Crippen molar-refractivity contribution in [1.29, 1.82) is 0 Å². The molecule has 0 aliphatic carbocycles. The summed E-state index contributed by atoms with van der Waals surface area (Å²) in [5, 5.41) is 0. The third-order valence-electron chi connectivity index (χ3n) is 0. The van der Waals surface area contributed by atoms with Crippen molar-refractivity contribution in [3.8, 4) is 0 Å². The van der Waals surface area contributed by atoms with Crippen LogP contribution in [-0.4, -0.2) is 0 Å². The second-order valence-corrected chi connectivity index (χ2v) is 5.03. The van der Waals surface area contributed by atoms with Crippen molar-refractivity contribution < 1.29 is 79.3 Å². The first-order valence-electron chi connectivity index (χ1n) is 0.239. The molecule has 0 fully saturated rings. The van der Waals surface area contributed by atoms with E-state index in [1.54, 1.807) is 0 Å². The van der Waals surface area contributed by atoms with Crippen LogP contribution in [0.15, 0.2) is 0 Å². The van der Waals surface area contributed by atoms with Crippen LogP contribution in [0.5, 0.6) is 0 Å². The molecule has 0 amide bonds. The third kappa shape index (κ3) is 18.4. The van der Waals surface area contributed by atoms with Gasteiger partial charge in [-0.3, -0.25) is 0 Å². The topological polar surface area (TPSA) is 0 Å². The van der Waals surface area contributed by atoms with E-state index in [-0.39, 0.29) is 68.4 Å². The molecule has 0 atom stereocenters. The van der Waals surface area contributed by atoms with Crippen molar-refractivity contribution >= 4 is 28.5 Å². The average Bonchev–Trinajstić information content (AvgIpc) is 0.918. The van der Waals surface area contributed by atoms with Crippen molar-refractivity contribution in [2.24, 2.45) is 0 Å². The second-order valence-electron chi connectivity index (χ2n) is 0.0452. The molecule has 32 valence electrons. The molecule has 0 nitrogen and oxygen atoms in total. The average molecular weight is 338 g/mol. The van der Waals surface area contributed by atoms with Crippen LogP contribution in [0.4, 0.5) is 0 Å². The Morgan fingerprint density at radius 1 is 1.20 bits per heavy atom. The van der Waals surface area contributed by atoms with E-state index < -0.39 is 0 Å². The van der Waals surface area contributed by atoms with E-state index in [2.05, 4.69) is 28.5 Å². The summed E-state index contributed by atoms with van der Waals surface area (Å²) in [5.41, 5.74) is 0. The number of hydrogen-bond donors (Lipinski definition) is 0. The number of rotatable bonds is 0. The first-order valence-corrected chi connectivity index (χ1v) is 5.12. The molecule has 0 saturated carbocycles. The summed E-state index contributed by atoms with van der Waals surface area (Å²) < 4.78 is 0. The molecule has 0 saturated heterocycles. The predicted molar refractivity (Wildman–Crippen MR) is 17.9 cm³/mol. The first-order chi connectivity index (χ1) is 1.41. The molecule has 0 aliphatic rings. The van der Waals surface area contributed by atoms with Crippen molar-refractivity contribution in [2.45, 2.75) is 0 Å². The summed E-state index contributed by atoms with van der Waals surface area (Å²) in [6, 6.07) is 0. The molecule has 0 heterocycles. The van der Waals surface area contributed by atoms with Gasteiger partial charge in [-0.1, -0.05) is 0 Å². The minimum atomic E-state index is 0. The smallest absolute Gasteiger partial charge is 1.00 e. The van der Waals surface area contributed by atoms with Crippen molar-refractivity contribution in [3.05, 3.63) is 0 Å². The fraction of sp³-hybridized carbons (Fsp3) is 0. The SMILES string of the molecule is [Br-].[Br][Ni][Br].[K+]. The second kappa shape index (κ2) is 15.6. The molecule has 0 unspecified atom stereocenters. The molecule has 0 spiro atoms. The normalized spacial score (nSPS) is 4.40. The van der Waals surface area contributed by atoms with Crippen LogP contribution < -0.4 is 68.4 Å². The molecule has 0 aromatic heterocycles. The van der Waals surface area contributed by atoms with E-state index >= 15 is 0 Å². The predicted octanol–water partition coefficient (Wildman–Crippen LogP) is -4.30. The minimum Gasteiger partial charge on any atom is 1.00 e. The van der Waals surface area contributed by atoms with Crippen LogP contribution in [0.25, 0.3) is 0 Å². The van der Waals surface area contributed by atoms with E-state index in [0.717, 1.165) is 0 Å². The Morgan fingerprint density at radius 3 is 1.20 bits per heavy atom. The Morgan fingerprint density at radius 2 is 1.20 bits per heavy atom. The molecular weight excluding hydrogens is 338 g/mol. The Labute approximate surface area is 105 Å². The van der Waals surface area contributed by atoms with Crippen LogP contribution >= 0.6 is 28.5 Å². The molecule has 0 aromatic carbocycles. The van der Waals surface area contributed by atoms with Gasteiger partial charge in [0.15, 0.2) is 0 Å². The quantitative estimate of drug-likeness (QED) is 0.393. The van der Waals surface area contributed by atoms with E-state index in [1.807, 2.05) is 0 Å². The summed E-state index contributed by atoms with van der Waals surface area (Å²) >= 11 is 6.00. The van der Waals surface area contributed by atoms with Crippen LogP contribution in [0.3, 0.4) is 0 Å². The third-order valence-corrected chi connectivity index (χ3v) is 0. The number of hydrogen-bond acceptors (Lipinski definition) is 0. The summed E-state index contributed by atoms with van der Waals surface area (Å²) in [5.74, 6) is 0. The Balaban J connectivity index is -0.0000000200. The maximum atomic E-state index is 3.00. The maximum Gasteiger partial charge on any atom is 1.00 e. The van der Waals surface area contributed by atoms with E-state index in [9.17, 15) is 0 Å². The van der Waals surface area contributed by atoms with Gasteiger partial charge in [-0.05, 0) is 0 Å². The molecule has 5 heteroatoms. The standard InChI is InChI=1S/3BrH.K.Ni/h3*1H;;/q;;;+1;+2/p-3. The van der Waals surface area contributed by atoms with Crippen LogP contribution in [0.2, 0.25) is 0 Å². The van der Waals surface area contributed by atoms with Gasteiger partial charge in [-0.2, -0.15) is 0 Å². The molecule has 0 radical (unpaired) electrons. The first kappa shape index (κ1) is 15.8. The maximum absolute atomic E-state index is 3.00. The summed E-state index contributed by atoms with van der Waals surface area (Å²) in [7, 11) is 1.25. The van der Waals surface area contributed by atoms with E-state index in [0.29, 0.717) is 0 Å².